The van der Waals surface area contributed by atoms with Gasteiger partial charge in [-0.3, -0.25) is 4.98 Å². The highest BCUT2D eigenvalue weighted by atomic mass is 79.9. The summed E-state index contributed by atoms with van der Waals surface area (Å²) in [6.45, 7) is 0.706. The second-order valence-electron chi connectivity index (χ2n) is 4.14. The summed E-state index contributed by atoms with van der Waals surface area (Å²) in [7, 11) is -2.16. The van der Waals surface area contributed by atoms with E-state index in [0.29, 0.717) is 17.6 Å². The van der Waals surface area contributed by atoms with Crippen molar-refractivity contribution in [2.24, 2.45) is 0 Å². The number of pyridine rings is 1. The Morgan fingerprint density at radius 1 is 1.48 bits per heavy atom. The van der Waals surface area contributed by atoms with E-state index in [0.717, 1.165) is 0 Å². The molecule has 2 aromatic rings. The first-order valence-electron chi connectivity index (χ1n) is 5.83. The van der Waals surface area contributed by atoms with Crippen LogP contribution in [0.5, 0.6) is 0 Å². The molecule has 7 nitrogen and oxygen atoms in total. The van der Waals surface area contributed by atoms with Crippen LogP contribution in [0.25, 0.3) is 0 Å². The lowest BCUT2D eigenvalue weighted by atomic mass is 10.4. The van der Waals surface area contributed by atoms with E-state index in [1.165, 1.54) is 24.2 Å². The summed E-state index contributed by atoms with van der Waals surface area (Å²) in [5, 5.41) is 7.46. The molecular weight excluding hydrogens is 384 g/mol. The van der Waals surface area contributed by atoms with Crippen molar-refractivity contribution >= 4 is 37.4 Å². The van der Waals surface area contributed by atoms with Crippen LogP contribution in [0.3, 0.4) is 0 Å². The summed E-state index contributed by atoms with van der Waals surface area (Å²) in [4.78, 5) is 4.02. The molecule has 0 saturated carbocycles. The molecule has 2 aromatic heterocycles. The maximum atomic E-state index is 12.4. The Bertz CT molecular complexity index is 735. The molecule has 0 radical (unpaired) electrons. The molecule has 0 aliphatic carbocycles. The molecule has 0 bridgehead atoms. The number of rotatable bonds is 6. The van der Waals surface area contributed by atoms with Gasteiger partial charge in [0.2, 0.25) is 15.0 Å². The van der Waals surface area contributed by atoms with E-state index in [1.807, 2.05) is 0 Å². The van der Waals surface area contributed by atoms with Crippen molar-refractivity contribution in [2.45, 2.75) is 17.5 Å². The van der Waals surface area contributed by atoms with E-state index in [9.17, 15) is 8.42 Å². The van der Waals surface area contributed by atoms with E-state index in [1.54, 1.807) is 6.07 Å². The van der Waals surface area contributed by atoms with Crippen molar-refractivity contribution in [3.63, 3.8) is 0 Å². The number of hydrogen-bond acceptors (Lipinski definition) is 6. The highest BCUT2D eigenvalue weighted by Gasteiger charge is 2.24. The van der Waals surface area contributed by atoms with Gasteiger partial charge in [0.25, 0.3) is 0 Å². The normalized spacial score (nSPS) is 11.8. The van der Waals surface area contributed by atoms with E-state index < -0.39 is 9.84 Å². The van der Waals surface area contributed by atoms with E-state index in [2.05, 4.69) is 31.1 Å². The fourth-order valence-electron chi connectivity index (χ4n) is 1.62. The van der Waals surface area contributed by atoms with Gasteiger partial charge in [-0.15, -0.1) is 10.2 Å². The van der Waals surface area contributed by atoms with Gasteiger partial charge in [-0.05, 0) is 22.0 Å². The second-order valence-corrected chi connectivity index (χ2v) is 7.35. The lowest BCUT2D eigenvalue weighted by molar-refractivity contribution is 0.184. The molecule has 0 fully saturated rings. The predicted molar refractivity (Wildman–Crippen MR) is 79.7 cm³/mol. The lowest BCUT2D eigenvalue weighted by Crippen LogP contribution is -2.15. The molecule has 0 aromatic carbocycles. The summed E-state index contributed by atoms with van der Waals surface area (Å²) in [6, 6.07) is 1.59. The third kappa shape index (κ3) is 4.00. The van der Waals surface area contributed by atoms with Crippen LogP contribution in [0, 0.1) is 0 Å². The number of methoxy groups -OCH3 is 1. The molecule has 0 N–H and O–H groups in total. The predicted octanol–water partition coefficient (Wildman–Crippen LogP) is 1.71. The van der Waals surface area contributed by atoms with Crippen LogP contribution >= 0.6 is 27.5 Å². The first-order chi connectivity index (χ1) is 9.94. The Morgan fingerprint density at radius 3 is 2.90 bits per heavy atom. The van der Waals surface area contributed by atoms with Crippen molar-refractivity contribution in [1.82, 2.24) is 19.7 Å². The first-order valence-corrected chi connectivity index (χ1v) is 8.66. The zero-order valence-electron chi connectivity index (χ0n) is 11.0. The van der Waals surface area contributed by atoms with Crippen LogP contribution in [-0.2, 0) is 26.9 Å². The Morgan fingerprint density at radius 2 is 2.24 bits per heavy atom. The van der Waals surface area contributed by atoms with Crippen LogP contribution in [0.1, 0.15) is 5.69 Å². The molecule has 2 heterocycles. The Kier molecular flexibility index (Phi) is 5.31. The summed E-state index contributed by atoms with van der Waals surface area (Å²) in [6.07, 6.45) is 2.84. The zero-order chi connectivity index (χ0) is 15.5. The number of sulfone groups is 1. The number of hydrogen-bond donors (Lipinski definition) is 0. The molecule has 0 spiro atoms. The van der Waals surface area contributed by atoms with Gasteiger partial charge >= 0.3 is 0 Å². The van der Waals surface area contributed by atoms with Crippen molar-refractivity contribution in [3.05, 3.63) is 33.8 Å². The quantitative estimate of drug-likeness (QED) is 0.740. The first kappa shape index (κ1) is 16.3. The topological polar surface area (TPSA) is 87.0 Å². The Hall–Kier alpha value is -1.03. The third-order valence-electron chi connectivity index (χ3n) is 2.61. The molecule has 0 atom stereocenters. The van der Waals surface area contributed by atoms with Crippen LogP contribution in [-0.4, -0.2) is 41.9 Å². The van der Waals surface area contributed by atoms with Crippen molar-refractivity contribution < 1.29 is 13.2 Å². The Balaban J connectivity index is 2.28. The van der Waals surface area contributed by atoms with Crippen LogP contribution < -0.4 is 0 Å². The SMILES string of the molecule is COCCn1cnnc1S(=O)(=O)Cc1ncc(Br)cc1Cl. The van der Waals surface area contributed by atoms with Gasteiger partial charge in [-0.25, -0.2) is 8.42 Å². The molecule has 0 amide bonds. The smallest absolute Gasteiger partial charge is 0.249 e. The van der Waals surface area contributed by atoms with Gasteiger partial charge in [0.15, 0.2) is 0 Å². The lowest BCUT2D eigenvalue weighted by Gasteiger charge is -2.07. The summed E-state index contributed by atoms with van der Waals surface area (Å²) < 4.78 is 31.8. The average molecular weight is 396 g/mol. The highest BCUT2D eigenvalue weighted by molar-refractivity contribution is 9.10. The maximum absolute atomic E-state index is 12.4. The van der Waals surface area contributed by atoms with Crippen molar-refractivity contribution in [3.8, 4) is 0 Å². The summed E-state index contributed by atoms with van der Waals surface area (Å²) >= 11 is 9.22. The van der Waals surface area contributed by atoms with E-state index in [4.69, 9.17) is 16.3 Å². The zero-order valence-corrected chi connectivity index (χ0v) is 14.2. The largest absolute Gasteiger partial charge is 0.383 e. The van der Waals surface area contributed by atoms with Gasteiger partial charge in [0.1, 0.15) is 12.1 Å². The summed E-state index contributed by atoms with van der Waals surface area (Å²) in [5.41, 5.74) is 0.265. The minimum Gasteiger partial charge on any atom is -0.383 e. The van der Waals surface area contributed by atoms with Gasteiger partial charge in [0, 0.05) is 24.3 Å². The fourth-order valence-corrected chi connectivity index (χ4v) is 3.78. The van der Waals surface area contributed by atoms with Crippen LogP contribution in [0.15, 0.2) is 28.2 Å². The molecule has 0 unspecified atom stereocenters. The minimum atomic E-state index is -3.69. The third-order valence-corrected chi connectivity index (χ3v) is 4.89. The molecular formula is C11H12BrClN4O3S. The second kappa shape index (κ2) is 6.82. The molecule has 2 rings (SSSR count). The van der Waals surface area contributed by atoms with Crippen LogP contribution in [0.4, 0.5) is 0 Å². The van der Waals surface area contributed by atoms with Crippen molar-refractivity contribution in [1.29, 1.82) is 0 Å². The number of aromatic nitrogens is 4. The van der Waals surface area contributed by atoms with E-state index in [-0.39, 0.29) is 21.6 Å². The number of ether oxygens (including phenoxy) is 1. The van der Waals surface area contributed by atoms with Gasteiger partial charge in [0.05, 0.1) is 17.3 Å². The Labute approximate surface area is 135 Å². The summed E-state index contributed by atoms with van der Waals surface area (Å²) in [5.74, 6) is -0.342. The molecule has 10 heteroatoms. The fraction of sp³-hybridized carbons (Fsp3) is 0.364. The van der Waals surface area contributed by atoms with E-state index >= 15 is 0 Å². The van der Waals surface area contributed by atoms with Crippen molar-refractivity contribution in [2.75, 3.05) is 13.7 Å². The average Bonchev–Trinajstić information content (AvgIpc) is 2.89. The van der Waals surface area contributed by atoms with Gasteiger partial charge in [-0.2, -0.15) is 0 Å². The molecule has 0 saturated heterocycles. The minimum absolute atomic E-state index is 0.125. The number of nitrogens with zero attached hydrogens (tertiary/aromatic N) is 4. The van der Waals surface area contributed by atoms with Gasteiger partial charge in [-0.1, -0.05) is 11.6 Å². The standard InChI is InChI=1S/C11H12BrClN4O3S/c1-20-3-2-17-7-15-16-11(17)21(18,19)6-10-9(13)4-8(12)5-14-10/h4-5,7H,2-3,6H2,1H3. The highest BCUT2D eigenvalue weighted by Crippen LogP contribution is 2.22. The molecule has 21 heavy (non-hydrogen) atoms. The van der Waals surface area contributed by atoms with Gasteiger partial charge < -0.3 is 9.30 Å². The monoisotopic (exact) mass is 394 g/mol. The molecule has 0 aliphatic heterocycles. The number of halogens is 2. The molecule has 114 valence electrons. The maximum Gasteiger partial charge on any atom is 0.249 e. The molecule has 0 aliphatic rings. The van der Waals surface area contributed by atoms with Crippen LogP contribution in [0.2, 0.25) is 5.02 Å².